The van der Waals surface area contributed by atoms with Gasteiger partial charge < -0.3 is 16.0 Å². The predicted molar refractivity (Wildman–Crippen MR) is 68.4 cm³/mol. The molecule has 4 N–H and O–H groups in total. The van der Waals surface area contributed by atoms with Crippen LogP contribution in [0.15, 0.2) is 30.5 Å². The lowest BCUT2D eigenvalue weighted by atomic mass is 10.1. The number of hydrogen-bond acceptors (Lipinski definition) is 2. The smallest absolute Gasteiger partial charge is 0.218 e. The van der Waals surface area contributed by atoms with Crippen LogP contribution in [0.5, 0.6) is 0 Å². The van der Waals surface area contributed by atoms with E-state index in [1.807, 2.05) is 31.3 Å². The molecule has 4 heteroatoms. The maximum atomic E-state index is 10.8. The van der Waals surface area contributed by atoms with Crippen molar-refractivity contribution in [2.45, 2.75) is 25.9 Å². The monoisotopic (exact) mass is 231 g/mol. The van der Waals surface area contributed by atoms with Gasteiger partial charge in [0.25, 0.3) is 0 Å². The van der Waals surface area contributed by atoms with Crippen molar-refractivity contribution in [3.05, 3.63) is 36.0 Å². The number of aromatic nitrogens is 1. The third-order valence-corrected chi connectivity index (χ3v) is 2.82. The van der Waals surface area contributed by atoms with Gasteiger partial charge in [0, 0.05) is 36.1 Å². The molecular weight excluding hydrogens is 214 g/mol. The lowest BCUT2D eigenvalue weighted by Gasteiger charge is -2.11. The van der Waals surface area contributed by atoms with Crippen molar-refractivity contribution in [3.63, 3.8) is 0 Å². The summed E-state index contributed by atoms with van der Waals surface area (Å²) in [5.74, 6) is -0.274. The third-order valence-electron chi connectivity index (χ3n) is 2.82. The molecule has 1 unspecified atom stereocenters. The average Bonchev–Trinajstić information content (AvgIpc) is 2.69. The van der Waals surface area contributed by atoms with Gasteiger partial charge in [0.2, 0.25) is 5.91 Å². The third kappa shape index (κ3) is 2.85. The number of aromatic amines is 1. The van der Waals surface area contributed by atoms with Crippen LogP contribution >= 0.6 is 0 Å². The molecule has 0 saturated carbocycles. The van der Waals surface area contributed by atoms with Crippen molar-refractivity contribution < 1.29 is 4.79 Å². The van der Waals surface area contributed by atoms with Gasteiger partial charge in [-0.25, -0.2) is 0 Å². The Morgan fingerprint density at radius 1 is 1.47 bits per heavy atom. The number of carbonyl (C=O) groups is 1. The van der Waals surface area contributed by atoms with Crippen LogP contribution < -0.4 is 11.1 Å². The highest BCUT2D eigenvalue weighted by Crippen LogP contribution is 2.17. The quantitative estimate of drug-likeness (QED) is 0.730. The molecule has 0 fully saturated rings. The molecule has 1 atom stereocenters. The molecule has 1 aromatic carbocycles. The van der Waals surface area contributed by atoms with Crippen molar-refractivity contribution >= 4 is 16.8 Å². The first-order valence-corrected chi connectivity index (χ1v) is 5.73. The van der Waals surface area contributed by atoms with Crippen LogP contribution in [0.4, 0.5) is 0 Å². The first kappa shape index (κ1) is 11.7. The zero-order chi connectivity index (χ0) is 12.3. The van der Waals surface area contributed by atoms with Crippen molar-refractivity contribution in [2.75, 3.05) is 0 Å². The molecular formula is C13H17N3O. The summed E-state index contributed by atoms with van der Waals surface area (Å²) in [6.07, 6.45) is 2.36. The van der Waals surface area contributed by atoms with Gasteiger partial charge in [0.1, 0.15) is 0 Å². The van der Waals surface area contributed by atoms with Gasteiger partial charge >= 0.3 is 0 Å². The van der Waals surface area contributed by atoms with E-state index in [1.165, 1.54) is 10.9 Å². The minimum Gasteiger partial charge on any atom is -0.370 e. The zero-order valence-corrected chi connectivity index (χ0v) is 9.86. The summed E-state index contributed by atoms with van der Waals surface area (Å²) in [5, 5.41) is 4.50. The van der Waals surface area contributed by atoms with Crippen LogP contribution in [-0.2, 0) is 11.3 Å². The molecule has 0 radical (unpaired) electrons. The zero-order valence-electron chi connectivity index (χ0n) is 9.86. The number of hydrogen-bond donors (Lipinski definition) is 3. The molecule has 0 saturated heterocycles. The molecule has 0 aliphatic carbocycles. The number of H-pyrrole nitrogens is 1. The molecule has 17 heavy (non-hydrogen) atoms. The van der Waals surface area contributed by atoms with E-state index in [0.29, 0.717) is 6.42 Å². The van der Waals surface area contributed by atoms with Crippen LogP contribution in [0.25, 0.3) is 10.9 Å². The second-order valence-corrected chi connectivity index (χ2v) is 4.31. The molecule has 0 aliphatic heterocycles. The SMILES string of the molecule is CC(CC(N)=O)NCc1c[nH]c2ccccc12. The van der Waals surface area contributed by atoms with E-state index in [9.17, 15) is 4.79 Å². The first-order valence-electron chi connectivity index (χ1n) is 5.73. The Balaban J connectivity index is 2.02. The molecule has 1 heterocycles. The van der Waals surface area contributed by atoms with Gasteiger partial charge in [-0.3, -0.25) is 4.79 Å². The fourth-order valence-corrected chi connectivity index (χ4v) is 1.94. The number of primary amides is 1. The fraction of sp³-hybridized carbons (Fsp3) is 0.308. The van der Waals surface area contributed by atoms with Crippen molar-refractivity contribution in [1.82, 2.24) is 10.3 Å². The highest BCUT2D eigenvalue weighted by atomic mass is 16.1. The molecule has 0 spiro atoms. The minimum absolute atomic E-state index is 0.0983. The number of para-hydroxylation sites is 1. The lowest BCUT2D eigenvalue weighted by Crippen LogP contribution is -2.30. The Hall–Kier alpha value is -1.81. The molecule has 2 rings (SSSR count). The highest BCUT2D eigenvalue weighted by molar-refractivity contribution is 5.83. The summed E-state index contributed by atoms with van der Waals surface area (Å²) in [4.78, 5) is 14.0. The number of nitrogens with one attached hydrogen (secondary N) is 2. The molecule has 0 bridgehead atoms. The minimum atomic E-state index is -0.274. The highest BCUT2D eigenvalue weighted by Gasteiger charge is 2.07. The largest absolute Gasteiger partial charge is 0.370 e. The summed E-state index contributed by atoms with van der Waals surface area (Å²) in [6.45, 7) is 2.69. The number of carbonyl (C=O) groups excluding carboxylic acids is 1. The van der Waals surface area contributed by atoms with E-state index in [0.717, 1.165) is 12.1 Å². The second kappa shape index (κ2) is 5.01. The molecule has 1 amide bonds. The Morgan fingerprint density at radius 3 is 3.00 bits per heavy atom. The molecule has 90 valence electrons. The standard InChI is InChI=1S/C13H17N3O/c1-9(6-13(14)17)15-7-10-8-16-12-5-3-2-4-11(10)12/h2-5,8-9,15-16H,6-7H2,1H3,(H2,14,17). The lowest BCUT2D eigenvalue weighted by molar-refractivity contribution is -0.118. The maximum absolute atomic E-state index is 10.8. The molecule has 1 aromatic heterocycles. The number of benzene rings is 1. The number of fused-ring (bicyclic) bond motifs is 1. The summed E-state index contributed by atoms with van der Waals surface area (Å²) in [6, 6.07) is 8.26. The van der Waals surface area contributed by atoms with Crippen LogP contribution in [0, 0.1) is 0 Å². The predicted octanol–water partition coefficient (Wildman–Crippen LogP) is 1.52. The van der Waals surface area contributed by atoms with Gasteiger partial charge in [-0.15, -0.1) is 0 Å². The normalized spacial score (nSPS) is 12.8. The second-order valence-electron chi connectivity index (χ2n) is 4.31. The van der Waals surface area contributed by atoms with E-state index >= 15 is 0 Å². The van der Waals surface area contributed by atoms with Crippen LogP contribution in [0.1, 0.15) is 18.9 Å². The molecule has 2 aromatic rings. The number of amides is 1. The maximum Gasteiger partial charge on any atom is 0.218 e. The van der Waals surface area contributed by atoms with E-state index in [1.54, 1.807) is 0 Å². The van der Waals surface area contributed by atoms with Gasteiger partial charge in [-0.2, -0.15) is 0 Å². The van der Waals surface area contributed by atoms with Gasteiger partial charge in [0.05, 0.1) is 0 Å². The van der Waals surface area contributed by atoms with Gasteiger partial charge in [0.15, 0.2) is 0 Å². The molecule has 4 nitrogen and oxygen atoms in total. The van der Waals surface area contributed by atoms with E-state index in [4.69, 9.17) is 5.73 Å². The summed E-state index contributed by atoms with van der Waals surface area (Å²) in [5.41, 5.74) is 7.48. The fourth-order valence-electron chi connectivity index (χ4n) is 1.94. The Kier molecular flexibility index (Phi) is 3.44. The Morgan fingerprint density at radius 2 is 2.24 bits per heavy atom. The number of nitrogens with two attached hydrogens (primary N) is 1. The first-order chi connectivity index (χ1) is 8.16. The topological polar surface area (TPSA) is 70.9 Å². The van der Waals surface area contributed by atoms with Crippen LogP contribution in [0.2, 0.25) is 0 Å². The summed E-state index contributed by atoms with van der Waals surface area (Å²) in [7, 11) is 0. The van der Waals surface area contributed by atoms with E-state index in [-0.39, 0.29) is 11.9 Å². The molecule has 0 aliphatic rings. The summed E-state index contributed by atoms with van der Waals surface area (Å²) < 4.78 is 0. The van der Waals surface area contributed by atoms with E-state index in [2.05, 4.69) is 16.4 Å². The summed E-state index contributed by atoms with van der Waals surface area (Å²) >= 11 is 0. The van der Waals surface area contributed by atoms with Crippen LogP contribution in [0.3, 0.4) is 0 Å². The van der Waals surface area contributed by atoms with Gasteiger partial charge in [-0.05, 0) is 18.6 Å². The van der Waals surface area contributed by atoms with Crippen molar-refractivity contribution in [2.24, 2.45) is 5.73 Å². The van der Waals surface area contributed by atoms with Crippen molar-refractivity contribution in [3.8, 4) is 0 Å². The van der Waals surface area contributed by atoms with Crippen molar-refractivity contribution in [1.29, 1.82) is 0 Å². The van der Waals surface area contributed by atoms with E-state index < -0.39 is 0 Å². The average molecular weight is 231 g/mol. The Bertz CT molecular complexity index is 518. The Labute approximate surface area is 100 Å². The van der Waals surface area contributed by atoms with Gasteiger partial charge in [-0.1, -0.05) is 18.2 Å². The van der Waals surface area contributed by atoms with Crippen LogP contribution in [-0.4, -0.2) is 16.9 Å². The number of rotatable bonds is 5.